The maximum atomic E-state index is 10.9. The molecule has 2 N–H and O–H groups in total. The van der Waals surface area contributed by atoms with Gasteiger partial charge in [0.2, 0.25) is 0 Å². The molecular formula is C14H14N2O3. The molecule has 1 aromatic heterocycles. The lowest BCUT2D eigenvalue weighted by Gasteiger charge is -2.11. The lowest BCUT2D eigenvalue weighted by molar-refractivity contribution is 0.0697. The third-order valence-electron chi connectivity index (χ3n) is 2.82. The number of carboxylic acid groups (broad SMARTS) is 1. The molecule has 1 heterocycles. The third kappa shape index (κ3) is 2.86. The van der Waals surface area contributed by atoms with E-state index < -0.39 is 5.97 Å². The molecule has 5 nitrogen and oxygen atoms in total. The molecular weight excluding hydrogens is 244 g/mol. The second kappa shape index (κ2) is 5.44. The molecule has 0 amide bonds. The Balaban J connectivity index is 2.26. The molecule has 0 aliphatic rings. The van der Waals surface area contributed by atoms with E-state index in [1.54, 1.807) is 6.07 Å². The Labute approximate surface area is 110 Å². The third-order valence-corrected chi connectivity index (χ3v) is 2.82. The SMILES string of the molecule is C#CCC(CC)Nc1nc2ccc(C(=O)O)cc2o1. The van der Waals surface area contributed by atoms with Crippen LogP contribution in [0.2, 0.25) is 0 Å². The van der Waals surface area contributed by atoms with Gasteiger partial charge in [-0.2, -0.15) is 4.98 Å². The molecule has 5 heteroatoms. The van der Waals surface area contributed by atoms with Crippen molar-refractivity contribution in [1.82, 2.24) is 4.98 Å². The molecule has 0 saturated heterocycles. The average Bonchev–Trinajstić information content (AvgIpc) is 2.79. The Bertz CT molecular complexity index is 640. The van der Waals surface area contributed by atoms with E-state index in [9.17, 15) is 4.79 Å². The minimum atomic E-state index is -0.994. The highest BCUT2D eigenvalue weighted by atomic mass is 16.4. The van der Waals surface area contributed by atoms with E-state index in [2.05, 4.69) is 16.2 Å². The lowest BCUT2D eigenvalue weighted by atomic mass is 10.2. The monoisotopic (exact) mass is 258 g/mol. The van der Waals surface area contributed by atoms with Crippen LogP contribution in [-0.4, -0.2) is 22.1 Å². The summed E-state index contributed by atoms with van der Waals surface area (Å²) in [6.07, 6.45) is 6.71. The fraction of sp³-hybridized carbons (Fsp3) is 0.286. The van der Waals surface area contributed by atoms with Crippen LogP contribution in [0.15, 0.2) is 22.6 Å². The first-order valence-corrected chi connectivity index (χ1v) is 5.98. The van der Waals surface area contributed by atoms with Crippen LogP contribution in [0.3, 0.4) is 0 Å². The number of terminal acetylenes is 1. The smallest absolute Gasteiger partial charge is 0.335 e. The first-order chi connectivity index (χ1) is 9.13. The molecule has 0 spiro atoms. The van der Waals surface area contributed by atoms with Crippen molar-refractivity contribution >= 4 is 23.1 Å². The molecule has 1 atom stereocenters. The number of benzene rings is 1. The summed E-state index contributed by atoms with van der Waals surface area (Å²) in [4.78, 5) is 15.1. The molecule has 0 aliphatic carbocycles. The van der Waals surface area contributed by atoms with E-state index in [4.69, 9.17) is 15.9 Å². The Hall–Kier alpha value is -2.48. The molecule has 2 aromatic rings. The highest BCUT2D eigenvalue weighted by Gasteiger charge is 2.12. The van der Waals surface area contributed by atoms with Gasteiger partial charge in [0.25, 0.3) is 6.01 Å². The van der Waals surface area contributed by atoms with Gasteiger partial charge >= 0.3 is 5.97 Å². The minimum absolute atomic E-state index is 0.0945. The molecule has 2 rings (SSSR count). The van der Waals surface area contributed by atoms with Gasteiger partial charge in [-0.25, -0.2) is 4.79 Å². The van der Waals surface area contributed by atoms with Crippen molar-refractivity contribution in [3.8, 4) is 12.3 Å². The number of carbonyl (C=O) groups is 1. The summed E-state index contributed by atoms with van der Waals surface area (Å²) in [5.74, 6) is 1.59. The zero-order valence-corrected chi connectivity index (χ0v) is 10.5. The number of nitrogens with one attached hydrogen (secondary N) is 1. The molecule has 0 saturated carbocycles. The number of hydrogen-bond donors (Lipinski definition) is 2. The topological polar surface area (TPSA) is 75.4 Å². The minimum Gasteiger partial charge on any atom is -0.478 e. The van der Waals surface area contributed by atoms with Crippen LogP contribution in [0.25, 0.3) is 11.1 Å². The number of fused-ring (bicyclic) bond motifs is 1. The number of aromatic nitrogens is 1. The van der Waals surface area contributed by atoms with E-state index >= 15 is 0 Å². The predicted octanol–water partition coefficient (Wildman–Crippen LogP) is 2.74. The molecule has 19 heavy (non-hydrogen) atoms. The maximum Gasteiger partial charge on any atom is 0.335 e. The summed E-state index contributed by atoms with van der Waals surface area (Å²) in [5, 5.41) is 12.0. The zero-order valence-electron chi connectivity index (χ0n) is 10.5. The number of anilines is 1. The number of carboxylic acids is 1. The van der Waals surface area contributed by atoms with E-state index in [0.717, 1.165) is 6.42 Å². The summed E-state index contributed by atoms with van der Waals surface area (Å²) in [7, 11) is 0. The van der Waals surface area contributed by atoms with E-state index in [1.165, 1.54) is 12.1 Å². The van der Waals surface area contributed by atoms with Gasteiger partial charge in [-0.05, 0) is 24.6 Å². The van der Waals surface area contributed by atoms with Gasteiger partial charge < -0.3 is 14.8 Å². The molecule has 1 unspecified atom stereocenters. The van der Waals surface area contributed by atoms with Crippen molar-refractivity contribution in [3.05, 3.63) is 23.8 Å². The lowest BCUT2D eigenvalue weighted by Crippen LogP contribution is -2.17. The van der Waals surface area contributed by atoms with Crippen LogP contribution in [0, 0.1) is 12.3 Å². The van der Waals surface area contributed by atoms with Gasteiger partial charge in [0.1, 0.15) is 5.52 Å². The molecule has 0 bridgehead atoms. The van der Waals surface area contributed by atoms with E-state index in [0.29, 0.717) is 23.5 Å². The summed E-state index contributed by atoms with van der Waals surface area (Å²) < 4.78 is 5.48. The summed E-state index contributed by atoms with van der Waals surface area (Å²) in [5.41, 5.74) is 1.23. The Morgan fingerprint density at radius 1 is 1.63 bits per heavy atom. The van der Waals surface area contributed by atoms with Crippen molar-refractivity contribution in [2.45, 2.75) is 25.8 Å². The van der Waals surface area contributed by atoms with Crippen LogP contribution in [0.4, 0.5) is 6.01 Å². The molecule has 98 valence electrons. The van der Waals surface area contributed by atoms with Crippen molar-refractivity contribution in [1.29, 1.82) is 0 Å². The second-order valence-electron chi connectivity index (χ2n) is 4.16. The van der Waals surface area contributed by atoms with Gasteiger partial charge in [0.15, 0.2) is 5.58 Å². The van der Waals surface area contributed by atoms with Crippen LogP contribution in [0.1, 0.15) is 30.1 Å². The van der Waals surface area contributed by atoms with Crippen molar-refractivity contribution in [3.63, 3.8) is 0 Å². The fourth-order valence-corrected chi connectivity index (χ4v) is 1.73. The van der Waals surface area contributed by atoms with Gasteiger partial charge in [0.05, 0.1) is 5.56 Å². The summed E-state index contributed by atoms with van der Waals surface area (Å²) >= 11 is 0. The largest absolute Gasteiger partial charge is 0.478 e. The highest BCUT2D eigenvalue weighted by Crippen LogP contribution is 2.21. The summed E-state index contributed by atoms with van der Waals surface area (Å²) in [6.45, 7) is 2.01. The fourth-order valence-electron chi connectivity index (χ4n) is 1.73. The van der Waals surface area contributed by atoms with Crippen molar-refractivity contribution < 1.29 is 14.3 Å². The first kappa shape index (κ1) is 13.0. The molecule has 1 aromatic carbocycles. The Morgan fingerprint density at radius 2 is 2.42 bits per heavy atom. The highest BCUT2D eigenvalue weighted by molar-refractivity contribution is 5.92. The molecule has 0 radical (unpaired) electrons. The van der Waals surface area contributed by atoms with Crippen LogP contribution in [0.5, 0.6) is 0 Å². The number of nitrogens with zero attached hydrogens (tertiary/aromatic N) is 1. The van der Waals surface area contributed by atoms with Gasteiger partial charge in [-0.15, -0.1) is 12.3 Å². The van der Waals surface area contributed by atoms with Crippen molar-refractivity contribution in [2.24, 2.45) is 0 Å². The number of rotatable bonds is 5. The van der Waals surface area contributed by atoms with Gasteiger partial charge in [0, 0.05) is 12.5 Å². The molecule has 0 aliphatic heterocycles. The average molecular weight is 258 g/mol. The Kier molecular flexibility index (Phi) is 3.71. The normalized spacial score (nSPS) is 12.0. The number of aromatic carboxylic acids is 1. The van der Waals surface area contributed by atoms with Crippen LogP contribution in [-0.2, 0) is 0 Å². The zero-order chi connectivity index (χ0) is 13.8. The second-order valence-corrected chi connectivity index (χ2v) is 4.16. The summed E-state index contributed by atoms with van der Waals surface area (Å²) in [6, 6.07) is 5.03. The van der Waals surface area contributed by atoms with Crippen LogP contribution < -0.4 is 5.32 Å². The predicted molar refractivity (Wildman–Crippen MR) is 72.1 cm³/mol. The van der Waals surface area contributed by atoms with Gasteiger partial charge in [-0.1, -0.05) is 6.92 Å². The van der Waals surface area contributed by atoms with E-state index in [-0.39, 0.29) is 11.6 Å². The molecule has 0 fully saturated rings. The van der Waals surface area contributed by atoms with E-state index in [1.807, 2.05) is 6.92 Å². The number of oxazole rings is 1. The number of hydrogen-bond acceptors (Lipinski definition) is 4. The quantitative estimate of drug-likeness (QED) is 0.806. The first-order valence-electron chi connectivity index (χ1n) is 5.98. The van der Waals surface area contributed by atoms with Crippen molar-refractivity contribution in [2.75, 3.05) is 5.32 Å². The van der Waals surface area contributed by atoms with Gasteiger partial charge in [-0.3, -0.25) is 0 Å². The maximum absolute atomic E-state index is 10.9. The van der Waals surface area contributed by atoms with Crippen LogP contribution >= 0.6 is 0 Å². The standard InChI is InChI=1S/C14H14N2O3/c1-3-5-10(4-2)15-14-16-11-7-6-9(13(17)18)8-12(11)19-14/h1,6-8,10H,4-5H2,2H3,(H,15,16)(H,17,18). The Morgan fingerprint density at radius 3 is 3.05 bits per heavy atom.